The van der Waals surface area contributed by atoms with Crippen LogP contribution in [0.15, 0.2) is 41.3 Å². The second-order valence-electron chi connectivity index (χ2n) is 3.06. The maximum Gasteiger partial charge on any atom is 0.182 e. The van der Waals surface area contributed by atoms with Crippen molar-refractivity contribution in [3.05, 3.63) is 42.0 Å². The maximum absolute atomic E-state index is 11.6. The summed E-state index contributed by atoms with van der Waals surface area (Å²) in [5, 5.41) is 0. The average Bonchev–Trinajstić information content (AvgIpc) is 2.26. The summed E-state index contributed by atoms with van der Waals surface area (Å²) in [6.45, 7) is 0. The number of fused-ring (bicyclic) bond motifs is 1. The minimum Gasteiger partial charge on any atom is -0.223 e. The Bertz CT molecular complexity index is 444. The second-order valence-corrected chi connectivity index (χ2v) is 5.07. The summed E-state index contributed by atoms with van der Waals surface area (Å²) in [6.07, 6.45) is 4.34. The van der Waals surface area contributed by atoms with Gasteiger partial charge in [-0.3, -0.25) is 0 Å². The van der Waals surface area contributed by atoms with Gasteiger partial charge in [-0.2, -0.15) is 0 Å². The number of allylic oxidation sites excluding steroid dienone is 1. The molecule has 0 saturated carbocycles. The summed E-state index contributed by atoms with van der Waals surface area (Å²) in [5.74, 6) is 0.129. The first-order chi connectivity index (χ1) is 6.20. The molecule has 0 saturated heterocycles. The van der Waals surface area contributed by atoms with Crippen molar-refractivity contribution in [2.45, 2.75) is 11.3 Å². The molecule has 1 aliphatic heterocycles. The van der Waals surface area contributed by atoms with Crippen LogP contribution in [0.4, 0.5) is 0 Å². The lowest BCUT2D eigenvalue weighted by molar-refractivity contribution is 0.598. The van der Waals surface area contributed by atoms with Gasteiger partial charge in [0.25, 0.3) is 0 Å². The summed E-state index contributed by atoms with van der Waals surface area (Å²) in [7, 11) is -3.07. The zero-order valence-corrected chi connectivity index (χ0v) is 7.92. The third-order valence-electron chi connectivity index (χ3n) is 2.13. The molecule has 0 bridgehead atoms. The lowest BCUT2D eigenvalue weighted by Crippen LogP contribution is -2.05. The quantitative estimate of drug-likeness (QED) is 0.587. The molecule has 0 unspecified atom stereocenters. The smallest absolute Gasteiger partial charge is 0.182 e. The average molecular weight is 194 g/mol. The van der Waals surface area contributed by atoms with Gasteiger partial charge in [0.05, 0.1) is 10.6 Å². The Balaban J connectivity index is 2.68. The van der Waals surface area contributed by atoms with Gasteiger partial charge in [-0.25, -0.2) is 8.42 Å². The number of sulfone groups is 1. The summed E-state index contributed by atoms with van der Waals surface area (Å²) in [4.78, 5) is 0.486. The van der Waals surface area contributed by atoms with Crippen LogP contribution in [-0.4, -0.2) is 14.2 Å². The lowest BCUT2D eigenvalue weighted by atomic mass is 10.1. The highest BCUT2D eigenvalue weighted by Gasteiger charge is 2.17. The summed E-state index contributed by atoms with van der Waals surface area (Å²) < 4.78 is 23.3. The predicted molar refractivity (Wildman–Crippen MR) is 51.3 cm³/mol. The van der Waals surface area contributed by atoms with Crippen LogP contribution in [-0.2, 0) is 16.3 Å². The van der Waals surface area contributed by atoms with Gasteiger partial charge in [-0.15, -0.1) is 0 Å². The lowest BCUT2D eigenvalue weighted by Gasteiger charge is -2.03. The molecule has 0 radical (unpaired) electrons. The van der Waals surface area contributed by atoms with Gasteiger partial charge in [0.1, 0.15) is 0 Å². The second kappa shape index (κ2) is 3.00. The zero-order valence-electron chi connectivity index (χ0n) is 7.10. The number of hydrogen-bond acceptors (Lipinski definition) is 2. The van der Waals surface area contributed by atoms with E-state index in [1.54, 1.807) is 18.2 Å². The van der Waals surface area contributed by atoms with Gasteiger partial charge < -0.3 is 0 Å². The molecule has 2 nitrogen and oxygen atoms in total. The fourth-order valence-electron chi connectivity index (χ4n) is 1.47. The number of benzene rings is 1. The van der Waals surface area contributed by atoms with Crippen molar-refractivity contribution in [3.8, 4) is 0 Å². The third-order valence-corrected chi connectivity index (χ3v) is 3.83. The van der Waals surface area contributed by atoms with Crippen LogP contribution in [0.25, 0.3) is 0 Å². The Morgan fingerprint density at radius 3 is 2.69 bits per heavy atom. The van der Waals surface area contributed by atoms with Crippen LogP contribution >= 0.6 is 0 Å². The normalized spacial score (nSPS) is 19.1. The molecule has 0 N–H and O–H groups in total. The summed E-state index contributed by atoms with van der Waals surface area (Å²) in [5.41, 5.74) is 0.899. The fraction of sp³-hybridized carbons (Fsp3) is 0.200. The molecule has 1 heterocycles. The first kappa shape index (κ1) is 8.51. The highest BCUT2D eigenvalue weighted by Crippen LogP contribution is 2.20. The van der Waals surface area contributed by atoms with Crippen LogP contribution in [0.5, 0.6) is 0 Å². The van der Waals surface area contributed by atoms with Crippen molar-refractivity contribution in [3.63, 3.8) is 0 Å². The molecule has 68 valence electrons. The third kappa shape index (κ3) is 1.52. The topological polar surface area (TPSA) is 34.1 Å². The van der Waals surface area contributed by atoms with Gasteiger partial charge >= 0.3 is 0 Å². The molecular formula is C10H10O2S. The van der Waals surface area contributed by atoms with E-state index in [2.05, 4.69) is 0 Å². The van der Waals surface area contributed by atoms with E-state index < -0.39 is 9.84 Å². The number of rotatable bonds is 0. The minimum atomic E-state index is -3.07. The van der Waals surface area contributed by atoms with Gasteiger partial charge in [-0.1, -0.05) is 30.4 Å². The van der Waals surface area contributed by atoms with Crippen LogP contribution in [0.3, 0.4) is 0 Å². The van der Waals surface area contributed by atoms with Crippen LogP contribution in [0.1, 0.15) is 5.56 Å². The van der Waals surface area contributed by atoms with E-state index in [1.807, 2.05) is 18.2 Å². The highest BCUT2D eigenvalue weighted by molar-refractivity contribution is 7.91. The molecule has 0 atom stereocenters. The molecule has 0 spiro atoms. The molecule has 2 rings (SSSR count). The van der Waals surface area contributed by atoms with Crippen molar-refractivity contribution >= 4 is 9.84 Å². The minimum absolute atomic E-state index is 0.129. The van der Waals surface area contributed by atoms with Gasteiger partial charge in [0, 0.05) is 0 Å². The van der Waals surface area contributed by atoms with Crippen molar-refractivity contribution in [2.75, 3.05) is 5.75 Å². The molecule has 0 aliphatic carbocycles. The van der Waals surface area contributed by atoms with Gasteiger partial charge in [0.15, 0.2) is 9.84 Å². The van der Waals surface area contributed by atoms with Crippen LogP contribution in [0, 0.1) is 0 Å². The van der Waals surface area contributed by atoms with E-state index in [0.29, 0.717) is 4.90 Å². The Morgan fingerprint density at radius 2 is 1.85 bits per heavy atom. The van der Waals surface area contributed by atoms with E-state index in [1.165, 1.54) is 0 Å². The molecule has 1 aliphatic rings. The van der Waals surface area contributed by atoms with E-state index in [-0.39, 0.29) is 5.75 Å². The summed E-state index contributed by atoms with van der Waals surface area (Å²) in [6, 6.07) is 7.18. The monoisotopic (exact) mass is 194 g/mol. The molecule has 0 fully saturated rings. The van der Waals surface area contributed by atoms with Gasteiger partial charge in [0.2, 0.25) is 0 Å². The molecule has 3 heteroatoms. The molecule has 0 aromatic heterocycles. The van der Waals surface area contributed by atoms with Gasteiger partial charge in [-0.05, 0) is 18.1 Å². The molecular weight excluding hydrogens is 184 g/mol. The maximum atomic E-state index is 11.6. The van der Waals surface area contributed by atoms with Crippen molar-refractivity contribution in [1.82, 2.24) is 0 Å². The van der Waals surface area contributed by atoms with E-state index in [0.717, 1.165) is 12.0 Å². The standard InChI is InChI=1S/C10H10O2S/c11-13(12)8-4-3-6-9-5-1-2-7-10(9)13/h1-5,7H,6,8H2. The number of hydrogen-bond donors (Lipinski definition) is 0. The van der Waals surface area contributed by atoms with E-state index in [9.17, 15) is 8.42 Å². The molecule has 1 aromatic carbocycles. The zero-order chi connectivity index (χ0) is 9.31. The van der Waals surface area contributed by atoms with Crippen molar-refractivity contribution in [2.24, 2.45) is 0 Å². The predicted octanol–water partition coefficient (Wildman–Crippen LogP) is 1.57. The molecule has 1 aromatic rings. The van der Waals surface area contributed by atoms with Crippen molar-refractivity contribution in [1.29, 1.82) is 0 Å². The fourth-order valence-corrected chi connectivity index (χ4v) is 2.88. The van der Waals surface area contributed by atoms with Crippen LogP contribution in [0.2, 0.25) is 0 Å². The first-order valence-corrected chi connectivity index (χ1v) is 5.81. The Kier molecular flexibility index (Phi) is 1.96. The highest BCUT2D eigenvalue weighted by atomic mass is 32.2. The SMILES string of the molecule is O=S1(=O)CC=CCc2ccccc21. The Morgan fingerprint density at radius 1 is 1.08 bits per heavy atom. The van der Waals surface area contributed by atoms with Crippen LogP contribution < -0.4 is 0 Å². The Hall–Kier alpha value is -1.09. The first-order valence-electron chi connectivity index (χ1n) is 4.16. The van der Waals surface area contributed by atoms with E-state index >= 15 is 0 Å². The Labute approximate surface area is 77.8 Å². The molecule has 13 heavy (non-hydrogen) atoms. The van der Waals surface area contributed by atoms with Crippen molar-refractivity contribution < 1.29 is 8.42 Å². The summed E-state index contributed by atoms with van der Waals surface area (Å²) >= 11 is 0. The largest absolute Gasteiger partial charge is 0.223 e. The molecule has 0 amide bonds. The van der Waals surface area contributed by atoms with E-state index in [4.69, 9.17) is 0 Å².